The van der Waals surface area contributed by atoms with Crippen LogP contribution in [-0.2, 0) is 6.54 Å². The highest BCUT2D eigenvalue weighted by molar-refractivity contribution is 5.83. The van der Waals surface area contributed by atoms with Crippen molar-refractivity contribution >= 4 is 5.84 Å². The molecule has 2 aliphatic rings. The van der Waals surface area contributed by atoms with Crippen molar-refractivity contribution in [3.8, 4) is 5.75 Å². The standard InChI is InChI=1S/C18H25N3O/c1-13-14(2)19-15(3)21-10-9-20(12-18(13)21)11-16-5-7-17(22-4)8-6-16/h5-8,14H,9-12H2,1-4H3. The smallest absolute Gasteiger partial charge is 0.118 e. The van der Waals surface area contributed by atoms with Gasteiger partial charge in [0.15, 0.2) is 0 Å². The van der Waals surface area contributed by atoms with E-state index in [0.29, 0.717) is 6.04 Å². The summed E-state index contributed by atoms with van der Waals surface area (Å²) in [7, 11) is 1.71. The van der Waals surface area contributed by atoms with Crippen molar-refractivity contribution in [3.05, 3.63) is 41.1 Å². The van der Waals surface area contributed by atoms with Crippen molar-refractivity contribution in [2.45, 2.75) is 33.4 Å². The Balaban J connectivity index is 1.71. The molecule has 3 rings (SSSR count). The molecule has 4 nitrogen and oxygen atoms in total. The molecule has 0 aliphatic carbocycles. The molecule has 2 heterocycles. The van der Waals surface area contributed by atoms with Crippen molar-refractivity contribution < 1.29 is 4.74 Å². The van der Waals surface area contributed by atoms with Crippen LogP contribution in [0.5, 0.6) is 5.75 Å². The number of nitrogens with zero attached hydrogens (tertiary/aromatic N) is 3. The van der Waals surface area contributed by atoms with E-state index < -0.39 is 0 Å². The van der Waals surface area contributed by atoms with Gasteiger partial charge in [0.05, 0.1) is 13.2 Å². The van der Waals surface area contributed by atoms with Crippen LogP contribution in [0.25, 0.3) is 0 Å². The van der Waals surface area contributed by atoms with Gasteiger partial charge < -0.3 is 9.64 Å². The topological polar surface area (TPSA) is 28.1 Å². The third kappa shape index (κ3) is 2.88. The maximum atomic E-state index is 5.23. The van der Waals surface area contributed by atoms with E-state index in [9.17, 15) is 0 Å². The van der Waals surface area contributed by atoms with E-state index in [1.165, 1.54) is 16.8 Å². The van der Waals surface area contributed by atoms with Crippen molar-refractivity contribution in [3.63, 3.8) is 0 Å². The third-order valence-electron chi connectivity index (χ3n) is 4.76. The number of ether oxygens (including phenoxy) is 1. The maximum absolute atomic E-state index is 5.23. The number of methoxy groups -OCH3 is 1. The molecule has 0 aromatic heterocycles. The van der Waals surface area contributed by atoms with Gasteiger partial charge in [0.25, 0.3) is 0 Å². The van der Waals surface area contributed by atoms with E-state index in [1.807, 2.05) is 12.1 Å². The van der Waals surface area contributed by atoms with Crippen LogP contribution in [0.15, 0.2) is 40.5 Å². The monoisotopic (exact) mass is 299 g/mol. The highest BCUT2D eigenvalue weighted by Crippen LogP contribution is 2.26. The van der Waals surface area contributed by atoms with Crippen LogP contribution in [0.4, 0.5) is 0 Å². The molecule has 1 fully saturated rings. The number of hydrogen-bond donors (Lipinski definition) is 0. The van der Waals surface area contributed by atoms with Crippen molar-refractivity contribution in [2.75, 3.05) is 26.7 Å². The summed E-state index contributed by atoms with van der Waals surface area (Å²) in [6.07, 6.45) is 0. The Bertz CT molecular complexity index is 603. The normalized spacial score (nSPS) is 22.5. The van der Waals surface area contributed by atoms with Crippen molar-refractivity contribution in [1.82, 2.24) is 9.80 Å². The van der Waals surface area contributed by atoms with Gasteiger partial charge in [-0.05, 0) is 44.0 Å². The zero-order valence-corrected chi connectivity index (χ0v) is 14.0. The summed E-state index contributed by atoms with van der Waals surface area (Å²) in [6, 6.07) is 8.70. The maximum Gasteiger partial charge on any atom is 0.118 e. The lowest BCUT2D eigenvalue weighted by atomic mass is 10.0. The van der Waals surface area contributed by atoms with Gasteiger partial charge >= 0.3 is 0 Å². The Labute approximate surface area is 133 Å². The van der Waals surface area contributed by atoms with Gasteiger partial charge in [0, 0.05) is 31.9 Å². The van der Waals surface area contributed by atoms with Crippen LogP contribution in [0.2, 0.25) is 0 Å². The molecule has 1 aromatic carbocycles. The van der Waals surface area contributed by atoms with E-state index in [4.69, 9.17) is 9.73 Å². The van der Waals surface area contributed by atoms with E-state index in [-0.39, 0.29) is 0 Å². The quantitative estimate of drug-likeness (QED) is 0.859. The van der Waals surface area contributed by atoms with Crippen LogP contribution < -0.4 is 4.74 Å². The molecule has 4 heteroatoms. The molecule has 0 bridgehead atoms. The SMILES string of the molecule is COc1ccc(CN2CCN3C(C)=NC(C)C(C)=C3C2)cc1. The summed E-state index contributed by atoms with van der Waals surface area (Å²) in [5, 5.41) is 0. The molecule has 0 radical (unpaired) electrons. The number of aliphatic imine (C=N–C) groups is 1. The van der Waals surface area contributed by atoms with Gasteiger partial charge in [0.1, 0.15) is 11.6 Å². The molecule has 1 saturated heterocycles. The fraction of sp³-hybridized carbons (Fsp3) is 0.500. The molecular formula is C18H25N3O. The van der Waals surface area contributed by atoms with Crippen LogP contribution >= 0.6 is 0 Å². The highest BCUT2D eigenvalue weighted by atomic mass is 16.5. The summed E-state index contributed by atoms with van der Waals surface area (Å²) in [5.41, 5.74) is 4.19. The van der Waals surface area contributed by atoms with Crippen molar-refractivity contribution in [1.29, 1.82) is 0 Å². The Hall–Kier alpha value is -1.81. The molecule has 0 saturated carbocycles. The molecule has 1 atom stereocenters. The third-order valence-corrected chi connectivity index (χ3v) is 4.76. The lowest BCUT2D eigenvalue weighted by Crippen LogP contribution is -2.48. The average molecular weight is 299 g/mol. The summed E-state index contributed by atoms with van der Waals surface area (Å²) in [5.74, 6) is 2.08. The first-order valence-corrected chi connectivity index (χ1v) is 7.95. The second kappa shape index (κ2) is 6.13. The van der Waals surface area contributed by atoms with E-state index in [2.05, 4.69) is 42.7 Å². The minimum absolute atomic E-state index is 0.312. The van der Waals surface area contributed by atoms with Gasteiger partial charge in [-0.25, -0.2) is 0 Å². The van der Waals surface area contributed by atoms with Gasteiger partial charge in [-0.1, -0.05) is 12.1 Å². The molecule has 118 valence electrons. The Morgan fingerprint density at radius 1 is 1.18 bits per heavy atom. The number of rotatable bonds is 3. The van der Waals surface area contributed by atoms with Crippen LogP contribution in [0.3, 0.4) is 0 Å². The average Bonchev–Trinajstić information content (AvgIpc) is 2.53. The molecule has 0 spiro atoms. The second-order valence-electron chi connectivity index (χ2n) is 6.19. The Morgan fingerprint density at radius 3 is 2.59 bits per heavy atom. The second-order valence-corrected chi connectivity index (χ2v) is 6.19. The Kier molecular flexibility index (Phi) is 4.21. The van der Waals surface area contributed by atoms with E-state index in [0.717, 1.165) is 37.8 Å². The first-order chi connectivity index (χ1) is 10.6. The summed E-state index contributed by atoms with van der Waals surface area (Å²) in [4.78, 5) is 9.63. The number of amidine groups is 1. The molecule has 0 N–H and O–H groups in total. The number of fused-ring (bicyclic) bond motifs is 1. The number of benzene rings is 1. The van der Waals surface area contributed by atoms with Gasteiger partial charge in [-0.3, -0.25) is 9.89 Å². The minimum atomic E-state index is 0.312. The summed E-state index contributed by atoms with van der Waals surface area (Å²) >= 11 is 0. The summed E-state index contributed by atoms with van der Waals surface area (Å²) in [6.45, 7) is 10.6. The highest BCUT2D eigenvalue weighted by Gasteiger charge is 2.28. The predicted octanol–water partition coefficient (Wildman–Crippen LogP) is 2.91. The molecule has 1 unspecified atom stereocenters. The fourth-order valence-corrected chi connectivity index (χ4v) is 3.26. The first kappa shape index (κ1) is 15.1. The minimum Gasteiger partial charge on any atom is -0.497 e. The van der Waals surface area contributed by atoms with Crippen molar-refractivity contribution in [2.24, 2.45) is 4.99 Å². The molecule has 0 amide bonds. The first-order valence-electron chi connectivity index (χ1n) is 7.95. The van der Waals surface area contributed by atoms with E-state index in [1.54, 1.807) is 7.11 Å². The van der Waals surface area contributed by atoms with Crippen LogP contribution in [0.1, 0.15) is 26.3 Å². The lowest BCUT2D eigenvalue weighted by Gasteiger charge is -2.42. The summed E-state index contributed by atoms with van der Waals surface area (Å²) < 4.78 is 5.23. The largest absolute Gasteiger partial charge is 0.497 e. The van der Waals surface area contributed by atoms with E-state index >= 15 is 0 Å². The van der Waals surface area contributed by atoms with Crippen LogP contribution in [0, 0.1) is 0 Å². The van der Waals surface area contributed by atoms with Crippen LogP contribution in [-0.4, -0.2) is 48.4 Å². The zero-order valence-electron chi connectivity index (χ0n) is 14.0. The molecule has 1 aromatic rings. The lowest BCUT2D eigenvalue weighted by molar-refractivity contribution is 0.207. The molecule has 2 aliphatic heterocycles. The molecular weight excluding hydrogens is 274 g/mol. The molecule has 22 heavy (non-hydrogen) atoms. The Morgan fingerprint density at radius 2 is 1.91 bits per heavy atom. The zero-order chi connectivity index (χ0) is 15.7. The van der Waals surface area contributed by atoms with Gasteiger partial charge in [-0.2, -0.15) is 0 Å². The predicted molar refractivity (Wildman–Crippen MR) is 90.2 cm³/mol. The fourth-order valence-electron chi connectivity index (χ4n) is 3.26. The van der Waals surface area contributed by atoms with Gasteiger partial charge in [-0.15, -0.1) is 0 Å². The number of piperazine rings is 1. The number of hydrogen-bond acceptors (Lipinski definition) is 4. The van der Waals surface area contributed by atoms with Gasteiger partial charge in [0.2, 0.25) is 0 Å².